The quantitative estimate of drug-likeness (QED) is 0.356. The van der Waals surface area contributed by atoms with Gasteiger partial charge in [-0.3, -0.25) is 9.78 Å². The van der Waals surface area contributed by atoms with Crippen LogP contribution in [-0.2, 0) is 24.4 Å². The van der Waals surface area contributed by atoms with E-state index in [9.17, 15) is 4.79 Å². The van der Waals surface area contributed by atoms with Crippen LogP contribution in [0.2, 0.25) is 0 Å². The molecule has 1 amide bonds. The van der Waals surface area contributed by atoms with Crippen molar-refractivity contribution in [1.82, 2.24) is 20.4 Å². The highest BCUT2D eigenvalue weighted by atomic mass is 16.5. The lowest BCUT2D eigenvalue weighted by Gasteiger charge is -2.08. The van der Waals surface area contributed by atoms with Crippen molar-refractivity contribution < 1.29 is 18.8 Å². The average Bonchev–Trinajstić information content (AvgIpc) is 3.36. The third-order valence-corrected chi connectivity index (χ3v) is 5.15. The van der Waals surface area contributed by atoms with E-state index in [-0.39, 0.29) is 5.91 Å². The Bertz CT molecular complexity index is 1180. The second kappa shape index (κ2) is 11.6. The summed E-state index contributed by atoms with van der Waals surface area (Å²) in [6, 6.07) is 19.0. The number of carbonyl (C=O) groups is 1. The molecule has 0 saturated carbocycles. The minimum atomic E-state index is -0.0215. The van der Waals surface area contributed by atoms with Gasteiger partial charge in [-0.15, -0.1) is 0 Å². The van der Waals surface area contributed by atoms with Crippen LogP contribution in [0.15, 0.2) is 77.6 Å². The normalized spacial score (nSPS) is 10.6. The molecule has 4 aromatic rings. The Hall–Kier alpha value is -4.20. The van der Waals surface area contributed by atoms with Crippen molar-refractivity contribution in [2.75, 3.05) is 7.11 Å². The van der Waals surface area contributed by atoms with Gasteiger partial charge in [0.1, 0.15) is 18.1 Å². The molecular formula is C26H26N4O4. The zero-order valence-electron chi connectivity index (χ0n) is 18.9. The molecule has 0 aliphatic rings. The first-order chi connectivity index (χ1) is 16.7. The molecule has 0 saturated heterocycles. The number of aryl methyl sites for hydroxylation is 1. The smallest absolute Gasteiger partial charge is 0.226 e. The summed E-state index contributed by atoms with van der Waals surface area (Å²) >= 11 is 0. The van der Waals surface area contributed by atoms with Crippen molar-refractivity contribution in [2.24, 2.45) is 0 Å². The maximum Gasteiger partial charge on any atom is 0.226 e. The largest absolute Gasteiger partial charge is 0.497 e. The van der Waals surface area contributed by atoms with E-state index in [0.29, 0.717) is 44.1 Å². The van der Waals surface area contributed by atoms with Gasteiger partial charge in [0.25, 0.3) is 0 Å². The lowest BCUT2D eigenvalue weighted by molar-refractivity contribution is -0.121. The Labute approximate surface area is 198 Å². The molecule has 0 aliphatic carbocycles. The zero-order chi connectivity index (χ0) is 23.6. The van der Waals surface area contributed by atoms with E-state index in [1.165, 1.54) is 0 Å². The van der Waals surface area contributed by atoms with E-state index < -0.39 is 0 Å². The number of carbonyl (C=O) groups excluding carboxylic acids is 1. The first kappa shape index (κ1) is 23.0. The molecule has 0 spiro atoms. The number of aromatic nitrogens is 3. The Morgan fingerprint density at radius 1 is 1.00 bits per heavy atom. The third-order valence-electron chi connectivity index (χ3n) is 5.15. The molecule has 0 radical (unpaired) electrons. The lowest BCUT2D eigenvalue weighted by Crippen LogP contribution is -2.22. The average molecular weight is 459 g/mol. The highest BCUT2D eigenvalue weighted by Gasteiger charge is 2.10. The first-order valence-electron chi connectivity index (χ1n) is 11.0. The molecule has 2 heterocycles. The van der Waals surface area contributed by atoms with Crippen LogP contribution in [0, 0.1) is 0 Å². The van der Waals surface area contributed by atoms with Crippen LogP contribution < -0.4 is 14.8 Å². The summed E-state index contributed by atoms with van der Waals surface area (Å²) in [6.07, 6.45) is 5.06. The van der Waals surface area contributed by atoms with Crippen molar-refractivity contribution in [1.29, 1.82) is 0 Å². The molecule has 34 heavy (non-hydrogen) atoms. The van der Waals surface area contributed by atoms with Crippen LogP contribution in [0.4, 0.5) is 0 Å². The van der Waals surface area contributed by atoms with Gasteiger partial charge < -0.3 is 19.3 Å². The third kappa shape index (κ3) is 6.65. The van der Waals surface area contributed by atoms with Crippen LogP contribution in [0.25, 0.3) is 11.4 Å². The number of nitrogens with zero attached hydrogens (tertiary/aromatic N) is 3. The van der Waals surface area contributed by atoms with E-state index >= 15 is 0 Å². The Morgan fingerprint density at radius 3 is 2.53 bits per heavy atom. The zero-order valence-corrected chi connectivity index (χ0v) is 18.9. The molecule has 0 bridgehead atoms. The SMILES string of the molecule is COc1ccc(-c2noc(CCCC(=O)NCc3ccc(OCc4cccnc4)cc3)n2)cc1. The molecule has 0 fully saturated rings. The highest BCUT2D eigenvalue weighted by molar-refractivity contribution is 5.75. The Balaban J connectivity index is 1.16. The number of nitrogens with one attached hydrogen (secondary N) is 1. The van der Waals surface area contributed by atoms with Crippen molar-refractivity contribution in [3.8, 4) is 22.9 Å². The van der Waals surface area contributed by atoms with Crippen LogP contribution >= 0.6 is 0 Å². The van der Waals surface area contributed by atoms with Gasteiger partial charge in [0.15, 0.2) is 0 Å². The molecule has 8 heteroatoms. The monoisotopic (exact) mass is 458 g/mol. The van der Waals surface area contributed by atoms with E-state index in [1.54, 1.807) is 19.5 Å². The van der Waals surface area contributed by atoms with E-state index in [1.807, 2.05) is 60.7 Å². The molecule has 174 valence electrons. The molecule has 8 nitrogen and oxygen atoms in total. The summed E-state index contributed by atoms with van der Waals surface area (Å²) in [5, 5.41) is 6.95. The lowest BCUT2D eigenvalue weighted by atomic mass is 10.2. The van der Waals surface area contributed by atoms with Crippen LogP contribution in [-0.4, -0.2) is 28.1 Å². The fourth-order valence-corrected chi connectivity index (χ4v) is 3.26. The number of hydrogen-bond donors (Lipinski definition) is 1. The summed E-state index contributed by atoms with van der Waals surface area (Å²) in [4.78, 5) is 20.7. The number of benzene rings is 2. The van der Waals surface area contributed by atoms with Gasteiger partial charge in [-0.25, -0.2) is 0 Å². The summed E-state index contributed by atoms with van der Waals surface area (Å²) < 4.78 is 16.2. The van der Waals surface area contributed by atoms with Gasteiger partial charge in [0.2, 0.25) is 17.6 Å². The van der Waals surface area contributed by atoms with Gasteiger partial charge in [0, 0.05) is 42.9 Å². The maximum atomic E-state index is 12.2. The second-order valence-corrected chi connectivity index (χ2v) is 7.66. The van der Waals surface area contributed by atoms with Crippen LogP contribution in [0.5, 0.6) is 11.5 Å². The minimum Gasteiger partial charge on any atom is -0.497 e. The van der Waals surface area contributed by atoms with Crippen molar-refractivity contribution in [3.05, 3.63) is 90.1 Å². The molecular weight excluding hydrogens is 432 g/mol. The maximum absolute atomic E-state index is 12.2. The van der Waals surface area contributed by atoms with E-state index in [2.05, 4.69) is 20.4 Å². The number of amides is 1. The van der Waals surface area contributed by atoms with Crippen molar-refractivity contribution in [2.45, 2.75) is 32.4 Å². The summed E-state index contributed by atoms with van der Waals surface area (Å²) in [7, 11) is 1.62. The van der Waals surface area contributed by atoms with E-state index in [4.69, 9.17) is 14.0 Å². The molecule has 2 aromatic heterocycles. The fraction of sp³-hybridized carbons (Fsp3) is 0.231. The summed E-state index contributed by atoms with van der Waals surface area (Å²) in [5.74, 6) is 2.55. The fourth-order valence-electron chi connectivity index (χ4n) is 3.26. The van der Waals surface area contributed by atoms with Crippen LogP contribution in [0.3, 0.4) is 0 Å². The Kier molecular flexibility index (Phi) is 7.84. The molecule has 1 N–H and O–H groups in total. The topological polar surface area (TPSA) is 99.4 Å². The van der Waals surface area contributed by atoms with Crippen molar-refractivity contribution >= 4 is 5.91 Å². The number of methoxy groups -OCH3 is 1. The van der Waals surface area contributed by atoms with Gasteiger partial charge in [-0.2, -0.15) is 4.98 Å². The second-order valence-electron chi connectivity index (χ2n) is 7.66. The predicted molar refractivity (Wildman–Crippen MR) is 126 cm³/mol. The van der Waals surface area contributed by atoms with Crippen molar-refractivity contribution in [3.63, 3.8) is 0 Å². The predicted octanol–water partition coefficient (Wildman–Crippen LogP) is 4.36. The molecule has 0 unspecified atom stereocenters. The van der Waals surface area contributed by atoms with Gasteiger partial charge in [0.05, 0.1) is 7.11 Å². The van der Waals surface area contributed by atoms with Gasteiger partial charge in [-0.05, 0) is 54.4 Å². The number of pyridine rings is 1. The van der Waals surface area contributed by atoms with Gasteiger partial charge in [-0.1, -0.05) is 23.4 Å². The summed E-state index contributed by atoms with van der Waals surface area (Å²) in [6.45, 7) is 0.926. The van der Waals surface area contributed by atoms with E-state index in [0.717, 1.165) is 28.2 Å². The first-order valence-corrected chi connectivity index (χ1v) is 11.0. The molecule has 0 aliphatic heterocycles. The van der Waals surface area contributed by atoms with Gasteiger partial charge >= 0.3 is 0 Å². The molecule has 4 rings (SSSR count). The van der Waals surface area contributed by atoms with Crippen LogP contribution in [0.1, 0.15) is 29.9 Å². The molecule has 0 atom stereocenters. The summed E-state index contributed by atoms with van der Waals surface area (Å²) in [5.41, 5.74) is 2.86. The standard InChI is InChI=1S/C26H26N4O4/c1-32-22-13-9-21(10-14-22)26-29-25(34-30-26)6-2-5-24(31)28-17-19-7-11-23(12-8-19)33-18-20-4-3-15-27-16-20/h3-4,7-16H,2,5-6,17-18H2,1H3,(H,28,31). The number of ether oxygens (including phenoxy) is 2. The molecule has 2 aromatic carbocycles. The highest BCUT2D eigenvalue weighted by Crippen LogP contribution is 2.20. The minimum absolute atomic E-state index is 0.0215. The number of hydrogen-bond acceptors (Lipinski definition) is 7. The number of rotatable bonds is 11. The Morgan fingerprint density at radius 2 is 1.79 bits per heavy atom.